The zero-order valence-corrected chi connectivity index (χ0v) is 10.1. The Kier molecular flexibility index (Phi) is 5.87. The predicted octanol–water partition coefficient (Wildman–Crippen LogP) is 1.78. The molecular formula is C10H18F4N2O. The first-order valence-electron chi connectivity index (χ1n) is 5.28. The zero-order chi connectivity index (χ0) is 13.7. The Bertz CT molecular complexity index is 257. The lowest BCUT2D eigenvalue weighted by Crippen LogP contribution is -2.48. The summed E-state index contributed by atoms with van der Waals surface area (Å²) in [6, 6.07) is 0. The van der Waals surface area contributed by atoms with E-state index in [2.05, 4.69) is 5.32 Å². The van der Waals surface area contributed by atoms with Crippen molar-refractivity contribution in [2.45, 2.75) is 45.1 Å². The minimum atomic E-state index is -4.11. The molecule has 0 saturated carbocycles. The molecule has 0 aliphatic carbocycles. The minimum Gasteiger partial charge on any atom is -0.350 e. The Hall–Kier alpha value is -0.850. The van der Waals surface area contributed by atoms with Crippen LogP contribution in [-0.4, -0.2) is 36.9 Å². The van der Waals surface area contributed by atoms with Crippen LogP contribution in [0.15, 0.2) is 0 Å². The highest BCUT2D eigenvalue weighted by atomic mass is 19.3. The van der Waals surface area contributed by atoms with Gasteiger partial charge >= 0.3 is 12.3 Å². The van der Waals surface area contributed by atoms with Crippen molar-refractivity contribution in [3.8, 4) is 0 Å². The third-order valence-corrected chi connectivity index (χ3v) is 2.33. The van der Waals surface area contributed by atoms with Crippen molar-refractivity contribution >= 4 is 5.91 Å². The van der Waals surface area contributed by atoms with E-state index >= 15 is 0 Å². The SMILES string of the molecule is CCC(C)(C)NC(=O)CNCC(F)(F)C(F)F. The molecule has 0 atom stereocenters. The highest BCUT2D eigenvalue weighted by molar-refractivity contribution is 5.78. The third-order valence-electron chi connectivity index (χ3n) is 2.33. The molecular weight excluding hydrogens is 240 g/mol. The quantitative estimate of drug-likeness (QED) is 0.683. The van der Waals surface area contributed by atoms with Crippen molar-refractivity contribution in [3.63, 3.8) is 0 Å². The average Bonchev–Trinajstić information content (AvgIpc) is 2.16. The number of alkyl halides is 4. The molecule has 0 rings (SSSR count). The van der Waals surface area contributed by atoms with E-state index in [1.807, 2.05) is 12.2 Å². The van der Waals surface area contributed by atoms with E-state index in [0.29, 0.717) is 6.42 Å². The van der Waals surface area contributed by atoms with Gasteiger partial charge in [-0.05, 0) is 20.3 Å². The number of amides is 1. The van der Waals surface area contributed by atoms with Gasteiger partial charge in [0.15, 0.2) is 0 Å². The van der Waals surface area contributed by atoms with Crippen molar-refractivity contribution < 1.29 is 22.4 Å². The van der Waals surface area contributed by atoms with Crippen LogP contribution in [0.4, 0.5) is 17.6 Å². The summed E-state index contributed by atoms with van der Waals surface area (Å²) >= 11 is 0. The Morgan fingerprint density at radius 1 is 1.29 bits per heavy atom. The van der Waals surface area contributed by atoms with Crippen LogP contribution in [-0.2, 0) is 4.79 Å². The molecule has 0 radical (unpaired) electrons. The van der Waals surface area contributed by atoms with Crippen LogP contribution in [0.5, 0.6) is 0 Å². The van der Waals surface area contributed by atoms with Gasteiger partial charge in [-0.15, -0.1) is 0 Å². The van der Waals surface area contributed by atoms with Crippen molar-refractivity contribution in [2.24, 2.45) is 0 Å². The van der Waals surface area contributed by atoms with Gasteiger partial charge in [0.05, 0.1) is 13.1 Å². The molecule has 0 spiro atoms. The first kappa shape index (κ1) is 16.1. The maximum Gasteiger partial charge on any atom is 0.319 e. The Morgan fingerprint density at radius 2 is 1.82 bits per heavy atom. The van der Waals surface area contributed by atoms with Crippen molar-refractivity contribution in [1.29, 1.82) is 0 Å². The summed E-state index contributed by atoms with van der Waals surface area (Å²) in [4.78, 5) is 11.3. The third kappa shape index (κ3) is 6.45. The molecule has 2 N–H and O–H groups in total. The Balaban J connectivity index is 3.95. The summed E-state index contributed by atoms with van der Waals surface area (Å²) in [6.07, 6.45) is -3.06. The molecule has 0 aliphatic heterocycles. The first-order chi connectivity index (χ1) is 7.60. The summed E-state index contributed by atoms with van der Waals surface area (Å²) in [7, 11) is 0. The molecule has 0 aliphatic rings. The zero-order valence-electron chi connectivity index (χ0n) is 10.1. The van der Waals surface area contributed by atoms with E-state index in [1.54, 1.807) is 13.8 Å². The van der Waals surface area contributed by atoms with E-state index in [-0.39, 0.29) is 0 Å². The molecule has 0 saturated heterocycles. The second-order valence-corrected chi connectivity index (χ2v) is 4.45. The smallest absolute Gasteiger partial charge is 0.319 e. The van der Waals surface area contributed by atoms with E-state index in [1.165, 1.54) is 0 Å². The molecule has 0 aromatic heterocycles. The minimum absolute atomic E-state index is 0.411. The highest BCUT2D eigenvalue weighted by Gasteiger charge is 2.40. The van der Waals surface area contributed by atoms with Gasteiger partial charge in [0.25, 0.3) is 0 Å². The normalized spacial score (nSPS) is 12.9. The average molecular weight is 258 g/mol. The number of carbonyl (C=O) groups excluding carboxylic acids is 1. The fourth-order valence-electron chi connectivity index (χ4n) is 0.930. The number of rotatable bonds is 7. The van der Waals surface area contributed by atoms with Gasteiger partial charge in [-0.2, -0.15) is 8.78 Å². The number of carbonyl (C=O) groups is 1. The van der Waals surface area contributed by atoms with Gasteiger partial charge in [-0.3, -0.25) is 4.79 Å². The van der Waals surface area contributed by atoms with Crippen LogP contribution in [0.3, 0.4) is 0 Å². The van der Waals surface area contributed by atoms with Gasteiger partial charge in [0, 0.05) is 5.54 Å². The van der Waals surface area contributed by atoms with Crippen molar-refractivity contribution in [3.05, 3.63) is 0 Å². The number of hydrogen-bond acceptors (Lipinski definition) is 2. The second-order valence-electron chi connectivity index (χ2n) is 4.45. The fraction of sp³-hybridized carbons (Fsp3) is 0.900. The van der Waals surface area contributed by atoms with Gasteiger partial charge in [0.1, 0.15) is 0 Å². The van der Waals surface area contributed by atoms with Gasteiger partial charge in [0.2, 0.25) is 5.91 Å². The van der Waals surface area contributed by atoms with Crippen LogP contribution in [0.1, 0.15) is 27.2 Å². The standard InChI is InChI=1S/C10H18F4N2O/c1-4-9(2,3)16-7(17)5-15-6-10(13,14)8(11)12/h8,15H,4-6H2,1-3H3,(H,16,17). The van der Waals surface area contributed by atoms with E-state index in [9.17, 15) is 22.4 Å². The summed E-state index contributed by atoms with van der Waals surface area (Å²) in [5.74, 6) is -4.61. The maximum absolute atomic E-state index is 12.5. The molecule has 7 heteroatoms. The molecule has 0 fully saturated rings. The lowest BCUT2D eigenvalue weighted by molar-refractivity contribution is -0.129. The molecule has 3 nitrogen and oxygen atoms in total. The Morgan fingerprint density at radius 3 is 2.24 bits per heavy atom. The molecule has 0 bridgehead atoms. The molecule has 0 aromatic carbocycles. The van der Waals surface area contributed by atoms with Crippen LogP contribution in [0.2, 0.25) is 0 Å². The van der Waals surface area contributed by atoms with E-state index in [0.717, 1.165) is 0 Å². The fourth-order valence-corrected chi connectivity index (χ4v) is 0.930. The molecule has 1 amide bonds. The Labute approximate surface area is 97.9 Å². The van der Waals surface area contributed by atoms with Crippen LogP contribution in [0, 0.1) is 0 Å². The summed E-state index contributed by atoms with van der Waals surface area (Å²) in [5, 5.41) is 4.60. The molecule has 0 aromatic rings. The summed E-state index contributed by atoms with van der Waals surface area (Å²) in [5.41, 5.74) is -0.440. The van der Waals surface area contributed by atoms with Crippen LogP contribution >= 0.6 is 0 Å². The maximum atomic E-state index is 12.5. The number of halogens is 4. The van der Waals surface area contributed by atoms with Gasteiger partial charge in [-0.25, -0.2) is 8.78 Å². The lowest BCUT2D eigenvalue weighted by Gasteiger charge is -2.24. The van der Waals surface area contributed by atoms with Gasteiger partial charge < -0.3 is 10.6 Å². The highest BCUT2D eigenvalue weighted by Crippen LogP contribution is 2.21. The molecule has 0 heterocycles. The van der Waals surface area contributed by atoms with Gasteiger partial charge in [-0.1, -0.05) is 6.92 Å². The van der Waals surface area contributed by atoms with Crippen LogP contribution in [0.25, 0.3) is 0 Å². The number of hydrogen-bond donors (Lipinski definition) is 2. The summed E-state index contributed by atoms with van der Waals surface area (Å²) in [6.45, 7) is 3.78. The largest absolute Gasteiger partial charge is 0.350 e. The monoisotopic (exact) mass is 258 g/mol. The van der Waals surface area contributed by atoms with Crippen molar-refractivity contribution in [1.82, 2.24) is 10.6 Å². The predicted molar refractivity (Wildman–Crippen MR) is 56.3 cm³/mol. The molecule has 17 heavy (non-hydrogen) atoms. The van der Waals surface area contributed by atoms with E-state index in [4.69, 9.17) is 0 Å². The van der Waals surface area contributed by atoms with Crippen molar-refractivity contribution in [2.75, 3.05) is 13.1 Å². The number of nitrogens with one attached hydrogen (secondary N) is 2. The summed E-state index contributed by atoms with van der Waals surface area (Å²) < 4.78 is 48.5. The first-order valence-corrected chi connectivity index (χ1v) is 5.28. The topological polar surface area (TPSA) is 41.1 Å². The molecule has 102 valence electrons. The second kappa shape index (κ2) is 6.18. The van der Waals surface area contributed by atoms with Crippen LogP contribution < -0.4 is 10.6 Å². The molecule has 0 unspecified atom stereocenters. The van der Waals surface area contributed by atoms with E-state index < -0.39 is 36.9 Å². The lowest BCUT2D eigenvalue weighted by atomic mass is 10.0.